The van der Waals surface area contributed by atoms with Crippen LogP contribution in [-0.2, 0) is 0 Å². The Labute approximate surface area is 51.0 Å². The van der Waals surface area contributed by atoms with Crippen molar-refractivity contribution in [3.8, 4) is 0 Å². The Morgan fingerprint density at radius 3 is 3.38 bits per heavy atom. The van der Waals surface area contributed by atoms with Crippen LogP contribution in [-0.4, -0.2) is 4.98 Å². The van der Waals surface area contributed by atoms with Crippen molar-refractivity contribution in [2.75, 3.05) is 0 Å². The first-order chi connectivity index (χ1) is 3.97. The predicted octanol–water partition coefficient (Wildman–Crippen LogP) is 2.03. The van der Waals surface area contributed by atoms with Crippen LogP contribution in [0.25, 0.3) is 10.9 Å². The van der Waals surface area contributed by atoms with Crippen molar-refractivity contribution >= 4 is 22.2 Å². The fraction of sp³-hybridized carbons (Fsp3) is 0. The third-order valence-corrected chi connectivity index (χ3v) is 1.89. The number of rotatable bonds is 0. The molecule has 0 amide bonds. The van der Waals surface area contributed by atoms with E-state index in [-0.39, 0.29) is 0 Å². The van der Waals surface area contributed by atoms with Gasteiger partial charge in [0.1, 0.15) is 0 Å². The molecule has 2 aromatic rings. The number of aromatic amines is 1. The van der Waals surface area contributed by atoms with Crippen LogP contribution in [0.15, 0.2) is 16.8 Å². The van der Waals surface area contributed by atoms with Crippen LogP contribution in [0.4, 0.5) is 0 Å². The lowest BCUT2D eigenvalue weighted by Gasteiger charge is -1.66. The number of hydrogen-bond acceptors (Lipinski definition) is 1. The molecule has 0 saturated carbocycles. The molecule has 0 aliphatic carbocycles. The molecule has 2 heterocycles. The third kappa shape index (κ3) is 0.406. The monoisotopic (exact) mass is 122 g/mol. The van der Waals surface area contributed by atoms with Crippen LogP contribution < -0.4 is 0 Å². The van der Waals surface area contributed by atoms with Crippen molar-refractivity contribution < 1.29 is 0 Å². The molecule has 2 aromatic heterocycles. The van der Waals surface area contributed by atoms with Crippen molar-refractivity contribution in [1.82, 2.24) is 4.98 Å². The zero-order valence-corrected chi connectivity index (χ0v) is 4.96. The Morgan fingerprint density at radius 1 is 1.50 bits per heavy atom. The molecule has 8 heavy (non-hydrogen) atoms. The quantitative estimate of drug-likeness (QED) is 0.550. The van der Waals surface area contributed by atoms with Gasteiger partial charge < -0.3 is 4.98 Å². The van der Waals surface area contributed by atoms with Gasteiger partial charge in [0.2, 0.25) is 0 Å². The number of thiophene rings is 1. The summed E-state index contributed by atoms with van der Waals surface area (Å²) < 4.78 is 0. The molecular formula is C6H4NS. The Hall–Kier alpha value is -0.760. The standard InChI is InChI=1S/C6H4NS/c1-2-7-6-4-8-3-5(1)6/h1,3-4,7H. The number of aromatic nitrogens is 1. The lowest BCUT2D eigenvalue weighted by Crippen LogP contribution is -1.50. The summed E-state index contributed by atoms with van der Waals surface area (Å²) in [6.45, 7) is 0. The molecule has 0 unspecified atom stereocenters. The van der Waals surface area contributed by atoms with Crippen LogP contribution >= 0.6 is 11.3 Å². The van der Waals surface area contributed by atoms with E-state index in [1.165, 1.54) is 10.9 Å². The van der Waals surface area contributed by atoms with Crippen LogP contribution in [0, 0.1) is 6.20 Å². The van der Waals surface area contributed by atoms with E-state index in [4.69, 9.17) is 0 Å². The van der Waals surface area contributed by atoms with Crippen molar-refractivity contribution in [3.05, 3.63) is 23.0 Å². The molecule has 1 nitrogen and oxygen atoms in total. The third-order valence-electron chi connectivity index (χ3n) is 1.13. The topological polar surface area (TPSA) is 15.8 Å². The van der Waals surface area contributed by atoms with Gasteiger partial charge in [0, 0.05) is 16.1 Å². The molecular weight excluding hydrogens is 118 g/mol. The molecule has 0 fully saturated rings. The lowest BCUT2D eigenvalue weighted by molar-refractivity contribution is 1.47. The fourth-order valence-electron chi connectivity index (χ4n) is 0.712. The maximum Gasteiger partial charge on any atom is 0.0631 e. The summed E-state index contributed by atoms with van der Waals surface area (Å²) in [5.74, 6) is 0. The summed E-state index contributed by atoms with van der Waals surface area (Å²) in [4.78, 5) is 2.98. The minimum absolute atomic E-state index is 1.19. The zero-order chi connectivity index (χ0) is 5.40. The van der Waals surface area contributed by atoms with Gasteiger partial charge in [-0.1, -0.05) is 0 Å². The maximum atomic E-state index is 2.98. The summed E-state index contributed by atoms with van der Waals surface area (Å²) >= 11 is 1.71. The largest absolute Gasteiger partial charge is 0.353 e. The number of hydrogen-bond donors (Lipinski definition) is 1. The van der Waals surface area contributed by atoms with Gasteiger partial charge in [-0.3, -0.25) is 0 Å². The SMILES string of the molecule is [c]1cc2cscc2[nH]1. The van der Waals surface area contributed by atoms with Gasteiger partial charge in [0.15, 0.2) is 0 Å². The lowest BCUT2D eigenvalue weighted by atomic mass is 10.4. The Bertz CT molecular complexity index is 230. The highest BCUT2D eigenvalue weighted by atomic mass is 32.1. The van der Waals surface area contributed by atoms with Crippen LogP contribution in [0.1, 0.15) is 0 Å². The first-order valence-corrected chi connectivity index (χ1v) is 3.32. The normalized spacial score (nSPS) is 10.5. The summed E-state index contributed by atoms with van der Waals surface area (Å²) in [5.41, 5.74) is 1.19. The van der Waals surface area contributed by atoms with Crippen molar-refractivity contribution in [1.29, 1.82) is 0 Å². The Morgan fingerprint density at radius 2 is 2.50 bits per heavy atom. The summed E-state index contributed by atoms with van der Waals surface area (Å²) in [5, 5.41) is 5.43. The van der Waals surface area contributed by atoms with E-state index in [0.29, 0.717) is 0 Å². The minimum atomic E-state index is 1.19. The average molecular weight is 122 g/mol. The van der Waals surface area contributed by atoms with E-state index in [1.807, 2.05) is 6.07 Å². The van der Waals surface area contributed by atoms with E-state index >= 15 is 0 Å². The van der Waals surface area contributed by atoms with Gasteiger partial charge >= 0.3 is 0 Å². The summed E-state index contributed by atoms with van der Waals surface area (Å²) in [6.07, 6.45) is 2.90. The molecule has 1 N–H and O–H groups in total. The van der Waals surface area contributed by atoms with Gasteiger partial charge in [0.05, 0.1) is 11.7 Å². The van der Waals surface area contributed by atoms with Gasteiger partial charge in [0.25, 0.3) is 0 Å². The van der Waals surface area contributed by atoms with E-state index < -0.39 is 0 Å². The van der Waals surface area contributed by atoms with E-state index in [0.717, 1.165) is 0 Å². The summed E-state index contributed by atoms with van der Waals surface area (Å²) in [6, 6.07) is 1.95. The number of fused-ring (bicyclic) bond motifs is 1. The molecule has 0 bridgehead atoms. The van der Waals surface area contributed by atoms with E-state index in [9.17, 15) is 0 Å². The second-order valence-corrected chi connectivity index (χ2v) is 2.40. The van der Waals surface area contributed by atoms with Crippen molar-refractivity contribution in [2.24, 2.45) is 0 Å². The molecule has 2 rings (SSSR count). The molecule has 39 valence electrons. The molecule has 0 aromatic carbocycles. The number of H-pyrrole nitrogens is 1. The first-order valence-electron chi connectivity index (χ1n) is 2.38. The number of nitrogens with one attached hydrogen (secondary N) is 1. The van der Waals surface area contributed by atoms with Crippen molar-refractivity contribution in [2.45, 2.75) is 0 Å². The highest BCUT2D eigenvalue weighted by Gasteiger charge is 1.89. The highest BCUT2D eigenvalue weighted by molar-refractivity contribution is 7.09. The summed E-state index contributed by atoms with van der Waals surface area (Å²) in [7, 11) is 0. The van der Waals surface area contributed by atoms with Gasteiger partial charge in [-0.2, -0.15) is 0 Å². The Kier molecular flexibility index (Phi) is 0.704. The van der Waals surface area contributed by atoms with E-state index in [2.05, 4.69) is 21.9 Å². The van der Waals surface area contributed by atoms with Crippen molar-refractivity contribution in [3.63, 3.8) is 0 Å². The van der Waals surface area contributed by atoms with Crippen LogP contribution in [0.3, 0.4) is 0 Å². The average Bonchev–Trinajstić information content (AvgIpc) is 2.15. The smallest absolute Gasteiger partial charge is 0.0631 e. The molecule has 0 atom stereocenters. The van der Waals surface area contributed by atoms with Gasteiger partial charge in [-0.15, -0.1) is 11.3 Å². The van der Waals surface area contributed by atoms with Gasteiger partial charge in [-0.25, -0.2) is 0 Å². The minimum Gasteiger partial charge on any atom is -0.353 e. The molecule has 1 radical (unpaired) electrons. The highest BCUT2D eigenvalue weighted by Crippen LogP contribution is 2.15. The van der Waals surface area contributed by atoms with Crippen LogP contribution in [0.5, 0.6) is 0 Å². The predicted molar refractivity (Wildman–Crippen MR) is 35.0 cm³/mol. The molecule has 0 spiro atoms. The maximum absolute atomic E-state index is 2.98. The second kappa shape index (κ2) is 1.36. The second-order valence-electron chi connectivity index (χ2n) is 1.65. The Balaban J connectivity index is 3.06. The van der Waals surface area contributed by atoms with E-state index in [1.54, 1.807) is 11.3 Å². The molecule has 0 aliphatic rings. The molecule has 0 saturated heterocycles. The fourth-order valence-corrected chi connectivity index (χ4v) is 1.45. The first kappa shape index (κ1) is 4.15. The van der Waals surface area contributed by atoms with Gasteiger partial charge in [-0.05, 0) is 6.07 Å². The molecule has 0 aliphatic heterocycles. The molecule has 2 heteroatoms. The van der Waals surface area contributed by atoms with Crippen LogP contribution in [0.2, 0.25) is 0 Å². The zero-order valence-electron chi connectivity index (χ0n) is 4.14.